The van der Waals surface area contributed by atoms with Crippen molar-refractivity contribution in [2.45, 2.75) is 31.3 Å². The molecule has 1 N–H and O–H groups in total. The Labute approximate surface area is 130 Å². The average Bonchev–Trinajstić information content (AvgIpc) is 2.53. The first kappa shape index (κ1) is 15.6. The molecule has 0 spiro atoms. The van der Waals surface area contributed by atoms with Crippen LogP contribution in [-0.4, -0.2) is 16.3 Å². The quantitative estimate of drug-likeness (QED) is 0.808. The first-order valence-corrected chi connectivity index (χ1v) is 8.20. The number of hydrogen-bond donors (Lipinski definition) is 1. The van der Waals surface area contributed by atoms with E-state index >= 15 is 0 Å². The molecule has 0 aromatic heterocycles. The lowest BCUT2D eigenvalue weighted by molar-refractivity contribution is 0.0697. The Balaban J connectivity index is 2.18. The summed E-state index contributed by atoms with van der Waals surface area (Å²) < 4.78 is 0. The van der Waals surface area contributed by atoms with Gasteiger partial charge in [-0.15, -0.1) is 0 Å². The lowest BCUT2D eigenvalue weighted by atomic mass is 9.99. The molecule has 2 nitrogen and oxygen atoms in total. The van der Waals surface area contributed by atoms with Crippen molar-refractivity contribution in [3.05, 3.63) is 59.7 Å². The van der Waals surface area contributed by atoms with E-state index in [0.717, 1.165) is 16.9 Å². The van der Waals surface area contributed by atoms with Crippen molar-refractivity contribution in [2.24, 2.45) is 0 Å². The molecule has 0 saturated carbocycles. The van der Waals surface area contributed by atoms with E-state index in [-0.39, 0.29) is 0 Å². The summed E-state index contributed by atoms with van der Waals surface area (Å²) in [5.74, 6) is 0.109. The second kappa shape index (κ2) is 7.32. The van der Waals surface area contributed by atoms with Gasteiger partial charge in [0.2, 0.25) is 0 Å². The number of carboxylic acids is 1. The highest BCUT2D eigenvalue weighted by Crippen LogP contribution is 2.26. The molecule has 2 aromatic carbocycles. The summed E-state index contributed by atoms with van der Waals surface area (Å²) in [6.45, 7) is 4.44. The fourth-order valence-electron chi connectivity index (χ4n) is 2.06. The van der Waals surface area contributed by atoms with E-state index in [1.165, 1.54) is 12.0 Å². The van der Waals surface area contributed by atoms with Gasteiger partial charge in [-0.3, -0.25) is 0 Å². The molecule has 2 aromatic rings. The van der Waals surface area contributed by atoms with Crippen LogP contribution in [0.3, 0.4) is 0 Å². The summed E-state index contributed by atoms with van der Waals surface area (Å²) in [6.07, 6.45) is 1.18. The van der Waals surface area contributed by atoms with Crippen molar-refractivity contribution in [3.8, 4) is 11.1 Å². The van der Waals surface area contributed by atoms with Crippen LogP contribution in [0.1, 0.15) is 36.2 Å². The van der Waals surface area contributed by atoms with E-state index in [4.69, 9.17) is 0 Å². The van der Waals surface area contributed by atoms with Gasteiger partial charge in [0.05, 0.1) is 5.56 Å². The van der Waals surface area contributed by atoms with Gasteiger partial charge in [0, 0.05) is 11.0 Å². The molecule has 110 valence electrons. The summed E-state index contributed by atoms with van der Waals surface area (Å²) in [5, 5.41) is 9.91. The molecule has 2 rings (SSSR count). The van der Waals surface area contributed by atoms with Crippen LogP contribution in [0.15, 0.2) is 48.5 Å². The number of carbonyl (C=O) groups is 1. The third-order valence-corrected chi connectivity index (χ3v) is 4.93. The fraction of sp³-hybridized carbons (Fsp3) is 0.278. The minimum absolute atomic E-state index is 0.347. The van der Waals surface area contributed by atoms with E-state index in [1.807, 2.05) is 36.0 Å². The van der Waals surface area contributed by atoms with E-state index in [9.17, 15) is 9.90 Å². The van der Waals surface area contributed by atoms with Gasteiger partial charge in [-0.1, -0.05) is 56.3 Å². The van der Waals surface area contributed by atoms with Crippen LogP contribution in [0, 0.1) is 0 Å². The normalized spacial score (nSPS) is 12.1. The predicted octanol–water partition coefficient (Wildman–Crippen LogP) is 5.08. The molecular weight excluding hydrogens is 280 g/mol. The van der Waals surface area contributed by atoms with Crippen LogP contribution in [-0.2, 0) is 5.75 Å². The van der Waals surface area contributed by atoms with Crippen LogP contribution in [0.4, 0.5) is 0 Å². The summed E-state index contributed by atoms with van der Waals surface area (Å²) in [7, 11) is 0. The van der Waals surface area contributed by atoms with Gasteiger partial charge < -0.3 is 5.11 Å². The molecule has 0 radical (unpaired) electrons. The Morgan fingerprint density at radius 1 is 1.14 bits per heavy atom. The van der Waals surface area contributed by atoms with Crippen LogP contribution >= 0.6 is 11.8 Å². The Morgan fingerprint density at radius 3 is 2.43 bits per heavy atom. The van der Waals surface area contributed by atoms with Crippen molar-refractivity contribution in [1.29, 1.82) is 0 Å². The second-order valence-electron chi connectivity index (χ2n) is 5.08. The van der Waals surface area contributed by atoms with Gasteiger partial charge in [-0.2, -0.15) is 11.8 Å². The van der Waals surface area contributed by atoms with Crippen molar-refractivity contribution in [1.82, 2.24) is 0 Å². The molecule has 0 fully saturated rings. The Morgan fingerprint density at radius 2 is 1.81 bits per heavy atom. The van der Waals surface area contributed by atoms with Gasteiger partial charge in [-0.25, -0.2) is 4.79 Å². The summed E-state index contributed by atoms with van der Waals surface area (Å²) in [6, 6.07) is 15.3. The zero-order valence-electron chi connectivity index (χ0n) is 12.4. The van der Waals surface area contributed by atoms with E-state index in [2.05, 4.69) is 26.0 Å². The Hall–Kier alpha value is -1.74. The number of hydrogen-bond acceptors (Lipinski definition) is 2. The molecule has 0 amide bonds. The van der Waals surface area contributed by atoms with Gasteiger partial charge in [0.15, 0.2) is 0 Å². The highest BCUT2D eigenvalue weighted by Gasteiger charge is 2.10. The van der Waals surface area contributed by atoms with Crippen LogP contribution in [0.2, 0.25) is 0 Å². The second-order valence-corrected chi connectivity index (χ2v) is 6.50. The van der Waals surface area contributed by atoms with Gasteiger partial charge in [0.1, 0.15) is 0 Å². The van der Waals surface area contributed by atoms with Crippen molar-refractivity contribution in [2.75, 3.05) is 0 Å². The number of benzene rings is 2. The number of rotatable bonds is 6. The Bertz CT molecular complexity index is 605. The van der Waals surface area contributed by atoms with Crippen LogP contribution < -0.4 is 0 Å². The molecule has 0 saturated heterocycles. The first-order valence-electron chi connectivity index (χ1n) is 7.15. The van der Waals surface area contributed by atoms with E-state index in [1.54, 1.807) is 12.1 Å². The average molecular weight is 300 g/mol. The van der Waals surface area contributed by atoms with Crippen molar-refractivity contribution >= 4 is 17.7 Å². The maximum absolute atomic E-state index is 11.3. The molecule has 21 heavy (non-hydrogen) atoms. The highest BCUT2D eigenvalue weighted by atomic mass is 32.2. The molecule has 1 atom stereocenters. The monoisotopic (exact) mass is 300 g/mol. The summed E-state index contributed by atoms with van der Waals surface area (Å²) >= 11 is 1.95. The zero-order chi connectivity index (χ0) is 15.2. The minimum atomic E-state index is -0.887. The molecule has 3 heteroatoms. The molecule has 0 aliphatic rings. The topological polar surface area (TPSA) is 37.3 Å². The molecule has 0 aliphatic carbocycles. The van der Waals surface area contributed by atoms with Gasteiger partial charge in [-0.05, 0) is 29.2 Å². The lowest BCUT2D eigenvalue weighted by Gasteiger charge is -2.10. The van der Waals surface area contributed by atoms with E-state index < -0.39 is 5.97 Å². The third-order valence-electron chi connectivity index (χ3n) is 3.53. The van der Waals surface area contributed by atoms with Crippen molar-refractivity contribution in [3.63, 3.8) is 0 Å². The van der Waals surface area contributed by atoms with Gasteiger partial charge in [0.25, 0.3) is 0 Å². The smallest absolute Gasteiger partial charge is 0.336 e. The molecule has 0 aliphatic heterocycles. The fourth-order valence-corrected chi connectivity index (χ4v) is 2.96. The third kappa shape index (κ3) is 4.11. The maximum atomic E-state index is 11.3. The van der Waals surface area contributed by atoms with E-state index in [0.29, 0.717) is 10.8 Å². The molecule has 1 unspecified atom stereocenters. The standard InChI is InChI=1S/C18H20O2S/c1-3-13(2)21-12-14-8-10-15(11-9-14)16-6-4-5-7-17(16)18(19)20/h4-11,13H,3,12H2,1-2H3,(H,19,20). The van der Waals surface area contributed by atoms with Crippen LogP contribution in [0.5, 0.6) is 0 Å². The van der Waals surface area contributed by atoms with Gasteiger partial charge >= 0.3 is 5.97 Å². The predicted molar refractivity (Wildman–Crippen MR) is 89.9 cm³/mol. The minimum Gasteiger partial charge on any atom is -0.478 e. The number of thioether (sulfide) groups is 1. The summed E-state index contributed by atoms with van der Waals surface area (Å²) in [5.41, 5.74) is 3.34. The first-order chi connectivity index (χ1) is 10.1. The summed E-state index contributed by atoms with van der Waals surface area (Å²) in [4.78, 5) is 11.3. The largest absolute Gasteiger partial charge is 0.478 e. The lowest BCUT2D eigenvalue weighted by Crippen LogP contribution is -1.99. The SMILES string of the molecule is CCC(C)SCc1ccc(-c2ccccc2C(=O)O)cc1. The molecule has 0 bridgehead atoms. The van der Waals surface area contributed by atoms with Crippen molar-refractivity contribution < 1.29 is 9.90 Å². The zero-order valence-corrected chi connectivity index (χ0v) is 13.2. The number of aromatic carboxylic acids is 1. The molecule has 0 heterocycles. The Kier molecular flexibility index (Phi) is 5.45. The maximum Gasteiger partial charge on any atom is 0.336 e. The highest BCUT2D eigenvalue weighted by molar-refractivity contribution is 7.99. The van der Waals surface area contributed by atoms with Crippen LogP contribution in [0.25, 0.3) is 11.1 Å². The number of carboxylic acid groups (broad SMARTS) is 1. The molecular formula is C18H20O2S.